The molecule has 0 atom stereocenters. The molecule has 9 heteroatoms. The molecule has 2 aromatic rings. The molecule has 2 heterocycles. The first-order valence-corrected chi connectivity index (χ1v) is 6.67. The van der Waals surface area contributed by atoms with Crippen molar-refractivity contribution in [2.75, 3.05) is 11.9 Å². The molecule has 20 heavy (non-hydrogen) atoms. The van der Waals surface area contributed by atoms with Gasteiger partial charge in [-0.15, -0.1) is 0 Å². The summed E-state index contributed by atoms with van der Waals surface area (Å²) >= 11 is 5.82. The molecule has 2 rings (SSSR count). The number of aromatic amines is 1. The molecule has 2 N–H and O–H groups in total. The SMILES string of the molecule is CC(C)Oc1nc(Cl)nc(NCCCc2ncn[nH]2)n1. The van der Waals surface area contributed by atoms with Crippen molar-refractivity contribution in [3.8, 4) is 6.01 Å². The Bertz CT molecular complexity index is 532. The molecule has 0 saturated heterocycles. The quantitative estimate of drug-likeness (QED) is 0.746. The third kappa shape index (κ3) is 4.61. The van der Waals surface area contributed by atoms with E-state index in [9.17, 15) is 0 Å². The van der Waals surface area contributed by atoms with E-state index in [1.54, 1.807) is 0 Å². The highest BCUT2D eigenvalue weighted by atomic mass is 35.5. The maximum atomic E-state index is 5.82. The predicted octanol–water partition coefficient (Wildman–Crippen LogP) is 1.47. The van der Waals surface area contributed by atoms with Crippen LogP contribution in [0.25, 0.3) is 0 Å². The van der Waals surface area contributed by atoms with Crippen LogP contribution in [0.1, 0.15) is 26.1 Å². The number of anilines is 1. The standard InChI is InChI=1S/C11H16ClN7O/c1-7(2)20-11-17-9(12)16-10(18-11)13-5-3-4-8-14-6-15-19-8/h6-7H,3-5H2,1-2H3,(H,14,15,19)(H,13,16,17,18). The number of rotatable bonds is 7. The molecule has 0 saturated carbocycles. The highest BCUT2D eigenvalue weighted by molar-refractivity contribution is 6.28. The van der Waals surface area contributed by atoms with E-state index in [1.807, 2.05) is 13.8 Å². The molecule has 108 valence electrons. The molecule has 8 nitrogen and oxygen atoms in total. The number of hydrogen-bond acceptors (Lipinski definition) is 7. The van der Waals surface area contributed by atoms with Crippen LogP contribution < -0.4 is 10.1 Å². The van der Waals surface area contributed by atoms with Crippen LogP contribution in [0.15, 0.2) is 6.33 Å². The van der Waals surface area contributed by atoms with Crippen molar-refractivity contribution in [1.29, 1.82) is 0 Å². The Morgan fingerprint density at radius 1 is 1.35 bits per heavy atom. The van der Waals surface area contributed by atoms with Crippen LogP contribution in [-0.2, 0) is 6.42 Å². The Morgan fingerprint density at radius 2 is 2.20 bits per heavy atom. The summed E-state index contributed by atoms with van der Waals surface area (Å²) in [6.07, 6.45) is 3.12. The molecule has 0 bridgehead atoms. The lowest BCUT2D eigenvalue weighted by molar-refractivity contribution is 0.222. The summed E-state index contributed by atoms with van der Waals surface area (Å²) in [6.45, 7) is 4.46. The molecule has 0 amide bonds. The van der Waals surface area contributed by atoms with Crippen LogP contribution >= 0.6 is 11.6 Å². The molecule has 0 unspecified atom stereocenters. The van der Waals surface area contributed by atoms with Crippen LogP contribution in [0.2, 0.25) is 5.28 Å². The predicted molar refractivity (Wildman–Crippen MR) is 73.8 cm³/mol. The van der Waals surface area contributed by atoms with Crippen molar-refractivity contribution in [1.82, 2.24) is 30.1 Å². The summed E-state index contributed by atoms with van der Waals surface area (Å²) in [4.78, 5) is 16.1. The van der Waals surface area contributed by atoms with Crippen LogP contribution in [0.5, 0.6) is 6.01 Å². The van der Waals surface area contributed by atoms with E-state index in [-0.39, 0.29) is 17.4 Å². The number of nitrogens with one attached hydrogen (secondary N) is 2. The molecule has 0 aliphatic heterocycles. The third-order valence-electron chi connectivity index (χ3n) is 2.27. The first kappa shape index (κ1) is 14.4. The maximum absolute atomic E-state index is 5.82. The number of aryl methyl sites for hydroxylation is 1. The highest BCUT2D eigenvalue weighted by Gasteiger charge is 2.07. The zero-order chi connectivity index (χ0) is 14.4. The van der Waals surface area contributed by atoms with E-state index < -0.39 is 0 Å². The second-order valence-electron chi connectivity index (χ2n) is 4.34. The van der Waals surface area contributed by atoms with E-state index in [0.717, 1.165) is 18.7 Å². The van der Waals surface area contributed by atoms with Gasteiger partial charge < -0.3 is 10.1 Å². The zero-order valence-corrected chi connectivity index (χ0v) is 12.1. The molecule has 2 aromatic heterocycles. The number of halogens is 1. The monoisotopic (exact) mass is 297 g/mol. The summed E-state index contributed by atoms with van der Waals surface area (Å²) in [7, 11) is 0. The zero-order valence-electron chi connectivity index (χ0n) is 11.3. The fraction of sp³-hybridized carbons (Fsp3) is 0.545. The normalized spacial score (nSPS) is 10.8. The lowest BCUT2D eigenvalue weighted by Gasteiger charge is -2.09. The molecular formula is C11H16ClN7O. The average molecular weight is 298 g/mol. The molecule has 0 spiro atoms. The van der Waals surface area contributed by atoms with Gasteiger partial charge in [0.1, 0.15) is 12.2 Å². The average Bonchev–Trinajstić information content (AvgIpc) is 2.86. The van der Waals surface area contributed by atoms with Gasteiger partial charge in [0, 0.05) is 13.0 Å². The van der Waals surface area contributed by atoms with Gasteiger partial charge in [-0.1, -0.05) is 0 Å². The molecule has 0 fully saturated rings. The number of aromatic nitrogens is 6. The van der Waals surface area contributed by atoms with Gasteiger partial charge >= 0.3 is 6.01 Å². The second-order valence-corrected chi connectivity index (χ2v) is 4.68. The summed E-state index contributed by atoms with van der Waals surface area (Å²) in [5.74, 6) is 1.25. The fourth-order valence-corrected chi connectivity index (χ4v) is 1.63. The van der Waals surface area contributed by atoms with Crippen LogP contribution in [0.3, 0.4) is 0 Å². The van der Waals surface area contributed by atoms with Crippen LogP contribution in [0.4, 0.5) is 5.95 Å². The fourth-order valence-electron chi connectivity index (χ4n) is 1.48. The lowest BCUT2D eigenvalue weighted by Crippen LogP contribution is -2.12. The molecule has 0 aliphatic carbocycles. The summed E-state index contributed by atoms with van der Waals surface area (Å²) in [6, 6.07) is 0.220. The van der Waals surface area contributed by atoms with E-state index in [0.29, 0.717) is 12.5 Å². The smallest absolute Gasteiger partial charge is 0.322 e. The Hall–Kier alpha value is -1.96. The Labute approximate surface area is 121 Å². The second kappa shape index (κ2) is 6.99. The van der Waals surface area contributed by atoms with E-state index >= 15 is 0 Å². The summed E-state index contributed by atoms with van der Waals surface area (Å²) < 4.78 is 5.39. The number of nitrogens with zero attached hydrogens (tertiary/aromatic N) is 5. The highest BCUT2D eigenvalue weighted by Crippen LogP contribution is 2.12. The van der Waals surface area contributed by atoms with Gasteiger partial charge in [-0.05, 0) is 31.9 Å². The van der Waals surface area contributed by atoms with Crippen molar-refractivity contribution in [3.05, 3.63) is 17.4 Å². The Balaban J connectivity index is 1.84. The Kier molecular flexibility index (Phi) is 5.05. The summed E-state index contributed by atoms with van der Waals surface area (Å²) in [5, 5.41) is 9.77. The van der Waals surface area contributed by atoms with Crippen molar-refractivity contribution in [2.24, 2.45) is 0 Å². The van der Waals surface area contributed by atoms with Gasteiger partial charge in [0.15, 0.2) is 0 Å². The van der Waals surface area contributed by atoms with Crippen molar-refractivity contribution in [2.45, 2.75) is 32.8 Å². The van der Waals surface area contributed by atoms with Crippen molar-refractivity contribution < 1.29 is 4.74 Å². The van der Waals surface area contributed by atoms with Crippen molar-refractivity contribution in [3.63, 3.8) is 0 Å². The maximum Gasteiger partial charge on any atom is 0.322 e. The van der Waals surface area contributed by atoms with Gasteiger partial charge in [-0.25, -0.2) is 4.98 Å². The third-order valence-corrected chi connectivity index (χ3v) is 2.44. The van der Waals surface area contributed by atoms with Crippen LogP contribution in [0, 0.1) is 0 Å². The number of H-pyrrole nitrogens is 1. The first-order chi connectivity index (χ1) is 9.63. The molecule has 0 aromatic carbocycles. The number of hydrogen-bond donors (Lipinski definition) is 2. The minimum atomic E-state index is -0.0206. The minimum absolute atomic E-state index is 0.0206. The van der Waals surface area contributed by atoms with E-state index in [4.69, 9.17) is 16.3 Å². The topological polar surface area (TPSA) is 102 Å². The van der Waals surface area contributed by atoms with Crippen molar-refractivity contribution >= 4 is 17.5 Å². The van der Waals surface area contributed by atoms with Gasteiger partial charge in [0.25, 0.3) is 0 Å². The molecule has 0 radical (unpaired) electrons. The Morgan fingerprint density at radius 3 is 2.90 bits per heavy atom. The largest absolute Gasteiger partial charge is 0.461 e. The molecular weight excluding hydrogens is 282 g/mol. The lowest BCUT2D eigenvalue weighted by atomic mass is 10.3. The van der Waals surface area contributed by atoms with E-state index in [2.05, 4.69) is 35.5 Å². The van der Waals surface area contributed by atoms with Gasteiger partial charge in [-0.3, -0.25) is 5.10 Å². The minimum Gasteiger partial charge on any atom is -0.461 e. The van der Waals surface area contributed by atoms with E-state index in [1.165, 1.54) is 6.33 Å². The van der Waals surface area contributed by atoms with Gasteiger partial charge in [0.2, 0.25) is 11.2 Å². The summed E-state index contributed by atoms with van der Waals surface area (Å²) in [5.41, 5.74) is 0. The van der Waals surface area contributed by atoms with Gasteiger partial charge in [-0.2, -0.15) is 20.1 Å². The van der Waals surface area contributed by atoms with Crippen LogP contribution in [-0.4, -0.2) is 42.8 Å². The first-order valence-electron chi connectivity index (χ1n) is 6.30. The molecule has 0 aliphatic rings. The number of ether oxygens (including phenoxy) is 1. The van der Waals surface area contributed by atoms with Gasteiger partial charge in [0.05, 0.1) is 6.10 Å².